The van der Waals surface area contributed by atoms with Crippen LogP contribution in [-0.2, 0) is 16.1 Å². The van der Waals surface area contributed by atoms with Crippen LogP contribution < -0.4 is 10.9 Å². The molecular formula is C16H20N4O6S. The zero-order valence-corrected chi connectivity index (χ0v) is 15.8. The van der Waals surface area contributed by atoms with Crippen molar-refractivity contribution in [1.29, 1.82) is 0 Å². The molecule has 10 nitrogen and oxygen atoms in total. The van der Waals surface area contributed by atoms with E-state index in [9.17, 15) is 24.3 Å². The Morgan fingerprint density at radius 1 is 1.30 bits per heavy atom. The number of amides is 1. The van der Waals surface area contributed by atoms with Crippen LogP contribution in [0, 0.1) is 6.92 Å². The maximum Gasteiger partial charge on any atom is 0.326 e. The molecule has 2 aromatic heterocycles. The standard InChI is InChI=1S/C16H20N4O6S/c1-7-11-13(23)18-9(6-20(2)3)19-15(11)27-12(7)14(24)17-8(16(25)26)4-5-10(21)22/h8H,4-6H2,1-3H3,(H,17,24)(H,21,22)(H,25,26)(H,18,19,23). The maximum atomic E-state index is 12.5. The Morgan fingerprint density at radius 2 is 1.96 bits per heavy atom. The third-order valence-electron chi connectivity index (χ3n) is 3.77. The van der Waals surface area contributed by atoms with Crippen molar-refractivity contribution < 1.29 is 24.6 Å². The number of aromatic nitrogens is 2. The molecule has 0 aliphatic carbocycles. The number of H-pyrrole nitrogens is 1. The van der Waals surface area contributed by atoms with E-state index in [-0.39, 0.29) is 22.2 Å². The van der Waals surface area contributed by atoms with Crippen molar-refractivity contribution in [1.82, 2.24) is 20.2 Å². The van der Waals surface area contributed by atoms with Gasteiger partial charge in [0, 0.05) is 6.42 Å². The van der Waals surface area contributed by atoms with Gasteiger partial charge in [-0.05, 0) is 33.0 Å². The van der Waals surface area contributed by atoms with Crippen molar-refractivity contribution in [2.24, 2.45) is 0 Å². The molecule has 2 heterocycles. The van der Waals surface area contributed by atoms with Crippen molar-refractivity contribution in [3.63, 3.8) is 0 Å². The predicted octanol–water partition coefficient (Wildman–Crippen LogP) is 0.402. The molecule has 1 atom stereocenters. The molecule has 1 amide bonds. The average Bonchev–Trinajstić information content (AvgIpc) is 2.87. The van der Waals surface area contributed by atoms with Crippen molar-refractivity contribution in [3.8, 4) is 0 Å². The van der Waals surface area contributed by atoms with E-state index >= 15 is 0 Å². The summed E-state index contributed by atoms with van der Waals surface area (Å²) in [6, 6.07) is -1.34. The molecule has 2 aromatic rings. The zero-order chi connectivity index (χ0) is 20.3. The number of nitrogens with one attached hydrogen (secondary N) is 2. The second kappa shape index (κ2) is 8.27. The normalized spacial score (nSPS) is 12.3. The van der Waals surface area contributed by atoms with Crippen LogP contribution in [0.25, 0.3) is 10.2 Å². The van der Waals surface area contributed by atoms with Gasteiger partial charge in [0.05, 0.1) is 16.8 Å². The van der Waals surface area contributed by atoms with E-state index in [0.29, 0.717) is 22.8 Å². The number of thiophene rings is 1. The molecule has 0 spiro atoms. The van der Waals surface area contributed by atoms with Gasteiger partial charge >= 0.3 is 11.9 Å². The number of hydrogen-bond donors (Lipinski definition) is 4. The molecule has 0 radical (unpaired) electrons. The number of rotatable bonds is 8. The molecule has 4 N–H and O–H groups in total. The van der Waals surface area contributed by atoms with E-state index in [1.807, 2.05) is 19.0 Å². The highest BCUT2D eigenvalue weighted by Gasteiger charge is 2.25. The summed E-state index contributed by atoms with van der Waals surface area (Å²) < 4.78 is 0. The summed E-state index contributed by atoms with van der Waals surface area (Å²) in [6.45, 7) is 2.00. The highest BCUT2D eigenvalue weighted by Crippen LogP contribution is 2.27. The number of hydrogen-bond acceptors (Lipinski definition) is 7. The summed E-state index contributed by atoms with van der Waals surface area (Å²) >= 11 is 0.995. The van der Waals surface area contributed by atoms with Crippen LogP contribution in [0.15, 0.2) is 4.79 Å². The molecular weight excluding hydrogens is 376 g/mol. The van der Waals surface area contributed by atoms with Gasteiger partial charge in [0.1, 0.15) is 16.7 Å². The lowest BCUT2D eigenvalue weighted by Crippen LogP contribution is -2.41. The first kappa shape index (κ1) is 20.5. The number of nitrogens with zero attached hydrogens (tertiary/aromatic N) is 2. The second-order valence-corrected chi connectivity index (χ2v) is 7.28. The lowest BCUT2D eigenvalue weighted by atomic mass is 10.1. The van der Waals surface area contributed by atoms with Crippen LogP contribution in [0.5, 0.6) is 0 Å². The van der Waals surface area contributed by atoms with Gasteiger partial charge in [-0.2, -0.15) is 0 Å². The van der Waals surface area contributed by atoms with Gasteiger partial charge in [0.25, 0.3) is 11.5 Å². The van der Waals surface area contributed by atoms with Crippen LogP contribution in [0.4, 0.5) is 0 Å². The van der Waals surface area contributed by atoms with Gasteiger partial charge in [-0.15, -0.1) is 11.3 Å². The zero-order valence-electron chi connectivity index (χ0n) is 15.0. The molecule has 0 saturated heterocycles. The van der Waals surface area contributed by atoms with Crippen molar-refractivity contribution in [3.05, 3.63) is 26.6 Å². The van der Waals surface area contributed by atoms with E-state index in [4.69, 9.17) is 5.11 Å². The summed E-state index contributed by atoms with van der Waals surface area (Å²) in [5, 5.41) is 20.5. The predicted molar refractivity (Wildman–Crippen MR) is 98.1 cm³/mol. The molecule has 1 unspecified atom stereocenters. The van der Waals surface area contributed by atoms with E-state index in [1.54, 1.807) is 6.92 Å². The average molecular weight is 396 g/mol. The smallest absolute Gasteiger partial charge is 0.326 e. The van der Waals surface area contributed by atoms with E-state index < -0.39 is 30.3 Å². The molecule has 2 rings (SSSR count). The minimum atomic E-state index is -1.34. The van der Waals surface area contributed by atoms with E-state index in [1.165, 1.54) is 0 Å². The molecule has 27 heavy (non-hydrogen) atoms. The van der Waals surface area contributed by atoms with Crippen molar-refractivity contribution in [2.45, 2.75) is 32.4 Å². The topological polar surface area (TPSA) is 153 Å². The summed E-state index contributed by atoms with van der Waals surface area (Å²) in [4.78, 5) is 56.2. The number of aliphatic carboxylic acids is 2. The molecule has 146 valence electrons. The van der Waals surface area contributed by atoms with Gasteiger partial charge in [0.2, 0.25) is 0 Å². The van der Waals surface area contributed by atoms with Crippen LogP contribution in [0.2, 0.25) is 0 Å². The fraction of sp³-hybridized carbons (Fsp3) is 0.438. The first-order chi connectivity index (χ1) is 12.6. The number of aryl methyl sites for hydroxylation is 1. The Labute approximate surface area is 157 Å². The van der Waals surface area contributed by atoms with Gasteiger partial charge in [-0.3, -0.25) is 14.4 Å². The van der Waals surface area contributed by atoms with E-state index in [2.05, 4.69) is 15.3 Å². The van der Waals surface area contributed by atoms with Gasteiger partial charge in [0.15, 0.2) is 0 Å². The largest absolute Gasteiger partial charge is 0.481 e. The monoisotopic (exact) mass is 396 g/mol. The lowest BCUT2D eigenvalue weighted by Gasteiger charge is -2.13. The lowest BCUT2D eigenvalue weighted by molar-refractivity contribution is -0.140. The number of carbonyl (C=O) groups excluding carboxylic acids is 1. The van der Waals surface area contributed by atoms with Crippen LogP contribution in [0.3, 0.4) is 0 Å². The fourth-order valence-corrected chi connectivity index (χ4v) is 3.63. The summed E-state index contributed by atoms with van der Waals surface area (Å²) in [5.41, 5.74) is 0.0327. The fourth-order valence-electron chi connectivity index (χ4n) is 2.53. The molecule has 0 saturated carbocycles. The molecule has 0 aliphatic rings. The van der Waals surface area contributed by atoms with Gasteiger partial charge < -0.3 is 25.4 Å². The third kappa shape index (κ3) is 4.89. The van der Waals surface area contributed by atoms with Gasteiger partial charge in [-0.25, -0.2) is 9.78 Å². The quantitative estimate of drug-likeness (QED) is 0.500. The number of carboxylic acids is 2. The Hall–Kier alpha value is -2.79. The highest BCUT2D eigenvalue weighted by atomic mass is 32.1. The molecule has 0 fully saturated rings. The third-order valence-corrected chi connectivity index (χ3v) is 4.96. The van der Waals surface area contributed by atoms with Crippen LogP contribution >= 0.6 is 11.3 Å². The van der Waals surface area contributed by atoms with Crippen molar-refractivity contribution >= 4 is 39.4 Å². The number of carbonyl (C=O) groups is 3. The molecule has 0 aromatic carbocycles. The Morgan fingerprint density at radius 3 is 2.52 bits per heavy atom. The number of carboxylic acid groups (broad SMARTS) is 2. The molecule has 0 aliphatic heterocycles. The summed E-state index contributed by atoms with van der Waals surface area (Å²) in [7, 11) is 3.65. The first-order valence-corrected chi connectivity index (χ1v) is 8.84. The highest BCUT2D eigenvalue weighted by molar-refractivity contribution is 7.20. The Balaban J connectivity index is 2.34. The van der Waals surface area contributed by atoms with E-state index in [0.717, 1.165) is 11.3 Å². The SMILES string of the molecule is Cc1c(C(=O)NC(CCC(=O)O)C(=O)O)sc2nc(CN(C)C)[nH]c(=O)c12. The maximum absolute atomic E-state index is 12.5. The minimum absolute atomic E-state index is 0.173. The summed E-state index contributed by atoms with van der Waals surface area (Å²) in [5.74, 6) is -2.71. The van der Waals surface area contributed by atoms with Crippen LogP contribution in [0.1, 0.15) is 33.9 Å². The number of aromatic amines is 1. The summed E-state index contributed by atoms with van der Waals surface area (Å²) in [6.07, 6.45) is -0.635. The molecule has 11 heteroatoms. The van der Waals surface area contributed by atoms with Crippen LogP contribution in [-0.4, -0.2) is 63.1 Å². The van der Waals surface area contributed by atoms with Crippen molar-refractivity contribution in [2.75, 3.05) is 14.1 Å². The molecule has 0 bridgehead atoms. The van der Waals surface area contributed by atoms with Gasteiger partial charge in [-0.1, -0.05) is 0 Å². The first-order valence-electron chi connectivity index (χ1n) is 8.02. The number of fused-ring (bicyclic) bond motifs is 1. The Bertz CT molecular complexity index is 948. The minimum Gasteiger partial charge on any atom is -0.481 e. The Kier molecular flexibility index (Phi) is 6.28. The second-order valence-electron chi connectivity index (χ2n) is 6.28.